The number of benzene rings is 1. The lowest BCUT2D eigenvalue weighted by Crippen LogP contribution is -2.04. The molecule has 2 aromatic rings. The van der Waals surface area contributed by atoms with Crippen molar-refractivity contribution in [1.29, 1.82) is 5.41 Å². The topological polar surface area (TPSA) is 36.7 Å². The van der Waals surface area contributed by atoms with Crippen LogP contribution < -0.4 is 0 Å². The molecule has 2 nitrogen and oxygen atoms in total. The summed E-state index contributed by atoms with van der Waals surface area (Å²) in [6, 6.07) is 12.1. The van der Waals surface area contributed by atoms with Gasteiger partial charge in [-0.2, -0.15) is 0 Å². The highest BCUT2D eigenvalue weighted by molar-refractivity contribution is 6.12. The molecule has 0 unspecified atom stereocenters. The third-order valence-corrected chi connectivity index (χ3v) is 3.08. The molecular formula is C14H12N2. The van der Waals surface area contributed by atoms with E-state index >= 15 is 0 Å². The molecule has 0 amide bonds. The molecule has 0 atom stereocenters. The van der Waals surface area contributed by atoms with Crippen molar-refractivity contribution in [3.63, 3.8) is 0 Å². The molecule has 0 saturated carbocycles. The highest BCUT2D eigenvalue weighted by atomic mass is 14.7. The van der Waals surface area contributed by atoms with Crippen LogP contribution in [0.2, 0.25) is 0 Å². The van der Waals surface area contributed by atoms with Gasteiger partial charge in [0.05, 0.1) is 11.4 Å². The van der Waals surface area contributed by atoms with Gasteiger partial charge in [-0.25, -0.2) is 0 Å². The van der Waals surface area contributed by atoms with Crippen molar-refractivity contribution < 1.29 is 0 Å². The van der Waals surface area contributed by atoms with E-state index < -0.39 is 0 Å². The monoisotopic (exact) mass is 208 g/mol. The first kappa shape index (κ1) is 9.28. The van der Waals surface area contributed by atoms with Crippen LogP contribution in [0.1, 0.15) is 22.4 Å². The fraction of sp³-hybridized carbons (Fsp3) is 0.143. The number of hydrogen-bond acceptors (Lipinski definition) is 2. The summed E-state index contributed by atoms with van der Waals surface area (Å²) in [5, 5.41) is 8.25. The van der Waals surface area contributed by atoms with Crippen molar-refractivity contribution in [2.45, 2.75) is 12.8 Å². The Bertz CT molecular complexity index is 509. The molecule has 1 aliphatic carbocycles. The van der Waals surface area contributed by atoms with Gasteiger partial charge in [-0.05, 0) is 30.5 Å². The molecule has 0 bridgehead atoms. The maximum Gasteiger partial charge on any atom is 0.0705 e. The highest BCUT2D eigenvalue weighted by Gasteiger charge is 2.17. The Balaban J connectivity index is 2.22. The van der Waals surface area contributed by atoms with E-state index in [0.29, 0.717) is 5.71 Å². The van der Waals surface area contributed by atoms with Gasteiger partial charge in [0.1, 0.15) is 0 Å². The Hall–Kier alpha value is -1.96. The summed E-state index contributed by atoms with van der Waals surface area (Å²) in [6.07, 6.45) is 3.71. The van der Waals surface area contributed by atoms with E-state index in [2.05, 4.69) is 11.1 Å². The fourth-order valence-corrected chi connectivity index (χ4v) is 2.25. The van der Waals surface area contributed by atoms with Crippen LogP contribution in [0.3, 0.4) is 0 Å². The Kier molecular flexibility index (Phi) is 2.07. The summed E-state index contributed by atoms with van der Waals surface area (Å²) in [5.41, 5.74) is 4.94. The van der Waals surface area contributed by atoms with Crippen LogP contribution >= 0.6 is 0 Å². The van der Waals surface area contributed by atoms with Crippen molar-refractivity contribution in [3.8, 4) is 0 Å². The van der Waals surface area contributed by atoms with Crippen molar-refractivity contribution in [2.75, 3.05) is 0 Å². The molecule has 2 heteroatoms. The second-order valence-electron chi connectivity index (χ2n) is 4.03. The van der Waals surface area contributed by atoms with Crippen LogP contribution in [0.25, 0.3) is 0 Å². The van der Waals surface area contributed by atoms with Gasteiger partial charge in [0.15, 0.2) is 0 Å². The third-order valence-electron chi connectivity index (χ3n) is 3.08. The van der Waals surface area contributed by atoms with E-state index in [0.717, 1.165) is 29.7 Å². The van der Waals surface area contributed by atoms with Crippen LogP contribution in [0, 0.1) is 5.41 Å². The Morgan fingerprint density at radius 2 is 1.75 bits per heavy atom. The van der Waals surface area contributed by atoms with E-state index in [1.807, 2.05) is 36.5 Å². The molecule has 1 aromatic heterocycles. The van der Waals surface area contributed by atoms with Gasteiger partial charge in [-0.3, -0.25) is 10.4 Å². The predicted molar refractivity (Wildman–Crippen MR) is 64.0 cm³/mol. The summed E-state index contributed by atoms with van der Waals surface area (Å²) in [5.74, 6) is 0. The van der Waals surface area contributed by atoms with Crippen molar-refractivity contribution in [3.05, 3.63) is 65.0 Å². The first-order valence-corrected chi connectivity index (χ1v) is 5.47. The zero-order chi connectivity index (χ0) is 11.0. The van der Waals surface area contributed by atoms with Crippen LogP contribution in [0.5, 0.6) is 0 Å². The second kappa shape index (κ2) is 3.56. The summed E-state index contributed by atoms with van der Waals surface area (Å²) in [6.45, 7) is 0. The number of pyridine rings is 1. The molecule has 1 aromatic carbocycles. The van der Waals surface area contributed by atoms with Crippen molar-refractivity contribution >= 4 is 5.71 Å². The number of nitrogens with one attached hydrogen (secondary N) is 1. The van der Waals surface area contributed by atoms with E-state index in [1.165, 1.54) is 5.56 Å². The largest absolute Gasteiger partial charge is 0.300 e. The van der Waals surface area contributed by atoms with Gasteiger partial charge in [0, 0.05) is 17.3 Å². The van der Waals surface area contributed by atoms with E-state index in [9.17, 15) is 0 Å². The molecule has 16 heavy (non-hydrogen) atoms. The molecule has 1 heterocycles. The summed E-state index contributed by atoms with van der Waals surface area (Å²) in [7, 11) is 0. The zero-order valence-electron chi connectivity index (χ0n) is 8.90. The van der Waals surface area contributed by atoms with Gasteiger partial charge < -0.3 is 0 Å². The lowest BCUT2D eigenvalue weighted by Gasteiger charge is -2.06. The Morgan fingerprint density at radius 1 is 0.938 bits per heavy atom. The van der Waals surface area contributed by atoms with E-state index in [1.54, 1.807) is 0 Å². The van der Waals surface area contributed by atoms with Gasteiger partial charge in [0.2, 0.25) is 0 Å². The SMILES string of the molecule is N=C1c2ccccc2CCc2ncccc21. The van der Waals surface area contributed by atoms with Gasteiger partial charge in [-0.1, -0.05) is 24.3 Å². The summed E-state index contributed by atoms with van der Waals surface area (Å²) < 4.78 is 0. The quantitative estimate of drug-likeness (QED) is 0.709. The summed E-state index contributed by atoms with van der Waals surface area (Å²) in [4.78, 5) is 4.37. The second-order valence-corrected chi connectivity index (χ2v) is 4.03. The maximum absolute atomic E-state index is 8.25. The number of aryl methyl sites for hydroxylation is 2. The molecule has 0 saturated heterocycles. The fourth-order valence-electron chi connectivity index (χ4n) is 2.25. The predicted octanol–water partition coefficient (Wildman–Crippen LogP) is 2.60. The number of hydrogen-bond donors (Lipinski definition) is 1. The highest BCUT2D eigenvalue weighted by Crippen LogP contribution is 2.22. The molecule has 78 valence electrons. The van der Waals surface area contributed by atoms with Crippen LogP contribution in [0.4, 0.5) is 0 Å². The number of aromatic nitrogens is 1. The number of fused-ring (bicyclic) bond motifs is 2. The first-order chi connectivity index (χ1) is 7.86. The molecular weight excluding hydrogens is 196 g/mol. The lowest BCUT2D eigenvalue weighted by molar-refractivity contribution is 0.918. The van der Waals surface area contributed by atoms with E-state index in [-0.39, 0.29) is 0 Å². The average molecular weight is 208 g/mol. The van der Waals surface area contributed by atoms with Gasteiger partial charge in [-0.15, -0.1) is 0 Å². The van der Waals surface area contributed by atoms with Crippen LogP contribution in [-0.2, 0) is 12.8 Å². The van der Waals surface area contributed by atoms with Crippen LogP contribution in [-0.4, -0.2) is 10.7 Å². The van der Waals surface area contributed by atoms with Crippen molar-refractivity contribution in [1.82, 2.24) is 4.98 Å². The summed E-state index contributed by atoms with van der Waals surface area (Å²) >= 11 is 0. The minimum absolute atomic E-state index is 0.608. The molecule has 0 aliphatic heterocycles. The van der Waals surface area contributed by atoms with Crippen molar-refractivity contribution in [2.24, 2.45) is 0 Å². The van der Waals surface area contributed by atoms with Crippen LogP contribution in [0.15, 0.2) is 42.6 Å². The van der Waals surface area contributed by atoms with E-state index in [4.69, 9.17) is 5.41 Å². The van der Waals surface area contributed by atoms with Gasteiger partial charge >= 0.3 is 0 Å². The minimum Gasteiger partial charge on any atom is -0.300 e. The third kappa shape index (κ3) is 1.34. The smallest absolute Gasteiger partial charge is 0.0705 e. The standard InChI is InChI=1S/C14H12N2/c15-14-11-5-2-1-4-10(11)7-8-13-12(14)6-3-9-16-13/h1-6,9,15H,7-8H2. The first-order valence-electron chi connectivity index (χ1n) is 5.47. The maximum atomic E-state index is 8.25. The van der Waals surface area contributed by atoms with Gasteiger partial charge in [0.25, 0.3) is 0 Å². The Morgan fingerprint density at radius 3 is 2.69 bits per heavy atom. The lowest BCUT2D eigenvalue weighted by atomic mass is 10.00. The molecule has 0 fully saturated rings. The molecule has 0 spiro atoms. The molecule has 3 rings (SSSR count). The Labute approximate surface area is 94.5 Å². The normalized spacial score (nSPS) is 13.9. The molecule has 1 aliphatic rings. The minimum atomic E-state index is 0.608. The average Bonchev–Trinajstić information content (AvgIpc) is 2.49. The molecule has 1 N–H and O–H groups in total. The molecule has 0 radical (unpaired) electrons. The zero-order valence-corrected chi connectivity index (χ0v) is 8.90. The number of rotatable bonds is 0. The number of nitrogens with zero attached hydrogens (tertiary/aromatic N) is 1.